The van der Waals surface area contributed by atoms with Crippen LogP contribution in [0.15, 0.2) is 39.9 Å². The number of carbonyl (C=O) groups excluding carboxylic acids is 1. The maximum atomic E-state index is 11.8. The number of aryl methyl sites for hydroxylation is 3. The maximum absolute atomic E-state index is 11.8. The molecule has 0 saturated carbocycles. The van der Waals surface area contributed by atoms with E-state index in [1.54, 1.807) is 18.2 Å². The summed E-state index contributed by atoms with van der Waals surface area (Å²) in [6.07, 6.45) is 1.40. The highest BCUT2D eigenvalue weighted by Crippen LogP contribution is 2.30. The van der Waals surface area contributed by atoms with E-state index >= 15 is 0 Å². The zero-order chi connectivity index (χ0) is 17.7. The third-order valence-electron chi connectivity index (χ3n) is 3.30. The number of rotatable bonds is 5. The summed E-state index contributed by atoms with van der Waals surface area (Å²) in [6, 6.07) is 9.06. The van der Waals surface area contributed by atoms with Crippen molar-refractivity contribution in [2.75, 3.05) is 6.61 Å². The fourth-order valence-electron chi connectivity index (χ4n) is 2.21. The number of phenols is 1. The Bertz CT molecular complexity index is 765. The predicted molar refractivity (Wildman–Crippen MR) is 97.7 cm³/mol. The van der Waals surface area contributed by atoms with Crippen LogP contribution in [0.2, 0.25) is 0 Å². The van der Waals surface area contributed by atoms with E-state index in [0.29, 0.717) is 11.3 Å². The largest absolute Gasteiger partial charge is 0.507 e. The minimum absolute atomic E-state index is 0.106. The van der Waals surface area contributed by atoms with Crippen LogP contribution in [0.5, 0.6) is 11.5 Å². The second-order valence-electron chi connectivity index (χ2n) is 5.54. The average Bonchev–Trinajstić information content (AvgIpc) is 2.49. The van der Waals surface area contributed by atoms with Crippen LogP contribution in [0.25, 0.3) is 0 Å². The molecule has 0 heterocycles. The molecule has 0 unspecified atom stereocenters. The van der Waals surface area contributed by atoms with Gasteiger partial charge in [0.15, 0.2) is 6.61 Å². The monoisotopic (exact) mass is 390 g/mol. The lowest BCUT2D eigenvalue weighted by Gasteiger charge is -2.11. The zero-order valence-corrected chi connectivity index (χ0v) is 15.3. The molecule has 24 heavy (non-hydrogen) atoms. The number of amides is 1. The molecule has 0 aliphatic rings. The first-order valence-corrected chi connectivity index (χ1v) is 8.17. The van der Waals surface area contributed by atoms with Crippen molar-refractivity contribution in [1.29, 1.82) is 0 Å². The molecule has 0 aliphatic carbocycles. The molecule has 0 saturated heterocycles. The highest BCUT2D eigenvalue weighted by Gasteiger charge is 2.09. The number of hydrogen-bond acceptors (Lipinski definition) is 4. The number of halogens is 1. The van der Waals surface area contributed by atoms with Crippen molar-refractivity contribution in [2.24, 2.45) is 5.10 Å². The predicted octanol–water partition coefficient (Wildman–Crippen LogP) is 3.61. The molecule has 2 aromatic carbocycles. The number of carbonyl (C=O) groups is 1. The number of nitrogens with one attached hydrogen (secondary N) is 1. The van der Waals surface area contributed by atoms with E-state index in [0.717, 1.165) is 21.2 Å². The third-order valence-corrected chi connectivity index (χ3v) is 3.89. The Labute approximate surface area is 149 Å². The standard InChI is InChI=1S/C18H19BrN2O3/c1-11-4-5-16(22)14(7-11)9-20-21-17(23)10-24-18-13(3)6-12(2)8-15(18)19/h4-9,22H,10H2,1-3H3,(H,21,23). The Morgan fingerprint density at radius 2 is 2.00 bits per heavy atom. The highest BCUT2D eigenvalue weighted by molar-refractivity contribution is 9.10. The third kappa shape index (κ3) is 4.83. The van der Waals surface area contributed by atoms with Crippen molar-refractivity contribution in [3.05, 3.63) is 57.1 Å². The SMILES string of the molecule is Cc1cc(C)c(OCC(=O)NN=Cc2cc(C)ccc2O)c(Br)c1. The van der Waals surface area contributed by atoms with Crippen molar-refractivity contribution in [3.8, 4) is 11.5 Å². The molecule has 0 atom stereocenters. The number of hydrazone groups is 1. The molecule has 5 nitrogen and oxygen atoms in total. The molecule has 0 fully saturated rings. The molecular formula is C18H19BrN2O3. The van der Waals surface area contributed by atoms with Crippen LogP contribution in [0.1, 0.15) is 22.3 Å². The summed E-state index contributed by atoms with van der Waals surface area (Å²) in [6.45, 7) is 5.66. The average molecular weight is 391 g/mol. The Balaban J connectivity index is 1.92. The van der Waals surface area contributed by atoms with Crippen LogP contribution < -0.4 is 10.2 Å². The molecule has 1 amide bonds. The number of aromatic hydroxyl groups is 1. The lowest BCUT2D eigenvalue weighted by atomic mass is 10.1. The fraction of sp³-hybridized carbons (Fsp3) is 0.222. The van der Waals surface area contributed by atoms with Crippen LogP contribution in [0.4, 0.5) is 0 Å². The second kappa shape index (κ2) is 7.97. The van der Waals surface area contributed by atoms with Gasteiger partial charge in [-0.3, -0.25) is 4.79 Å². The summed E-state index contributed by atoms with van der Waals surface area (Å²) in [4.78, 5) is 11.8. The molecule has 0 radical (unpaired) electrons. The summed E-state index contributed by atoms with van der Waals surface area (Å²) in [5.41, 5.74) is 5.96. The van der Waals surface area contributed by atoms with Crippen molar-refractivity contribution in [3.63, 3.8) is 0 Å². The Hall–Kier alpha value is -2.34. The van der Waals surface area contributed by atoms with Crippen LogP contribution in [0, 0.1) is 20.8 Å². The summed E-state index contributed by atoms with van der Waals surface area (Å²) < 4.78 is 6.35. The Morgan fingerprint density at radius 3 is 2.71 bits per heavy atom. The van der Waals surface area contributed by atoms with E-state index in [1.165, 1.54) is 6.21 Å². The zero-order valence-electron chi connectivity index (χ0n) is 13.8. The molecule has 2 N–H and O–H groups in total. The van der Waals surface area contributed by atoms with E-state index in [2.05, 4.69) is 26.5 Å². The minimum Gasteiger partial charge on any atom is -0.507 e. The van der Waals surface area contributed by atoms with E-state index in [1.807, 2.05) is 32.9 Å². The van der Waals surface area contributed by atoms with Crippen molar-refractivity contribution in [1.82, 2.24) is 5.43 Å². The first-order valence-electron chi connectivity index (χ1n) is 7.38. The van der Waals surface area contributed by atoms with E-state index < -0.39 is 0 Å². The van der Waals surface area contributed by atoms with Gasteiger partial charge in [0.25, 0.3) is 5.91 Å². The number of ether oxygens (including phenoxy) is 1. The first-order chi connectivity index (χ1) is 11.4. The smallest absolute Gasteiger partial charge is 0.277 e. The molecule has 0 aromatic heterocycles. The maximum Gasteiger partial charge on any atom is 0.277 e. The van der Waals surface area contributed by atoms with Gasteiger partial charge in [0.1, 0.15) is 11.5 Å². The molecular weight excluding hydrogens is 372 g/mol. The van der Waals surface area contributed by atoms with Gasteiger partial charge in [-0.15, -0.1) is 0 Å². The van der Waals surface area contributed by atoms with Gasteiger partial charge in [0.05, 0.1) is 10.7 Å². The molecule has 0 aliphatic heterocycles. The molecule has 2 aromatic rings. The van der Waals surface area contributed by atoms with Gasteiger partial charge in [-0.1, -0.05) is 17.7 Å². The van der Waals surface area contributed by atoms with Crippen molar-refractivity contribution >= 4 is 28.1 Å². The number of nitrogens with zero attached hydrogens (tertiary/aromatic N) is 1. The van der Waals surface area contributed by atoms with Gasteiger partial charge in [0, 0.05) is 5.56 Å². The lowest BCUT2D eigenvalue weighted by molar-refractivity contribution is -0.123. The van der Waals surface area contributed by atoms with Crippen molar-refractivity contribution in [2.45, 2.75) is 20.8 Å². The van der Waals surface area contributed by atoms with Gasteiger partial charge in [0.2, 0.25) is 0 Å². The van der Waals surface area contributed by atoms with Gasteiger partial charge in [-0.2, -0.15) is 5.10 Å². The summed E-state index contributed by atoms with van der Waals surface area (Å²) in [5.74, 6) is 0.357. The van der Waals surface area contributed by atoms with Gasteiger partial charge >= 0.3 is 0 Å². The second-order valence-corrected chi connectivity index (χ2v) is 6.39. The lowest BCUT2D eigenvalue weighted by Crippen LogP contribution is -2.24. The van der Waals surface area contributed by atoms with Crippen molar-refractivity contribution < 1.29 is 14.6 Å². The van der Waals surface area contributed by atoms with Crippen LogP contribution in [-0.2, 0) is 4.79 Å². The summed E-state index contributed by atoms with van der Waals surface area (Å²) in [5, 5.41) is 13.5. The summed E-state index contributed by atoms with van der Waals surface area (Å²) in [7, 11) is 0. The minimum atomic E-state index is -0.384. The van der Waals surface area contributed by atoms with Gasteiger partial charge in [-0.25, -0.2) is 5.43 Å². The fourth-order valence-corrected chi connectivity index (χ4v) is 2.99. The Kier molecular flexibility index (Phi) is 5.98. The van der Waals surface area contributed by atoms with Gasteiger partial charge in [-0.05, 0) is 66.0 Å². The summed E-state index contributed by atoms with van der Waals surface area (Å²) >= 11 is 3.43. The van der Waals surface area contributed by atoms with Crippen LogP contribution in [0.3, 0.4) is 0 Å². The first kappa shape index (κ1) is 18.0. The topological polar surface area (TPSA) is 70.9 Å². The molecule has 6 heteroatoms. The normalized spacial score (nSPS) is 10.8. The molecule has 126 valence electrons. The van der Waals surface area contributed by atoms with Gasteiger partial charge < -0.3 is 9.84 Å². The van der Waals surface area contributed by atoms with Crippen LogP contribution >= 0.6 is 15.9 Å². The number of benzene rings is 2. The Morgan fingerprint density at radius 1 is 1.25 bits per heavy atom. The highest BCUT2D eigenvalue weighted by atomic mass is 79.9. The molecule has 0 spiro atoms. The van der Waals surface area contributed by atoms with E-state index in [9.17, 15) is 9.90 Å². The quantitative estimate of drug-likeness (QED) is 0.604. The van der Waals surface area contributed by atoms with E-state index in [4.69, 9.17) is 4.74 Å². The van der Waals surface area contributed by atoms with E-state index in [-0.39, 0.29) is 18.3 Å². The number of phenolic OH excluding ortho intramolecular Hbond substituents is 1. The number of hydrogen-bond donors (Lipinski definition) is 2. The molecule has 2 rings (SSSR count). The molecule has 0 bridgehead atoms. The van der Waals surface area contributed by atoms with Crippen LogP contribution in [-0.4, -0.2) is 23.8 Å².